The molecule has 0 saturated carbocycles. The van der Waals surface area contributed by atoms with E-state index >= 15 is 0 Å². The smallest absolute Gasteiger partial charge is 0.378 e. The number of halogens is 3. The summed E-state index contributed by atoms with van der Waals surface area (Å²) in [5, 5.41) is 7.78. The molecule has 0 aliphatic carbocycles. The van der Waals surface area contributed by atoms with Crippen LogP contribution in [0.3, 0.4) is 0 Å². The first-order valence-electron chi connectivity index (χ1n) is 13.4. The van der Waals surface area contributed by atoms with Crippen molar-refractivity contribution in [3.05, 3.63) is 126 Å². The maximum atomic E-state index is 13.4. The van der Waals surface area contributed by atoms with E-state index in [1.54, 1.807) is 60.7 Å². The summed E-state index contributed by atoms with van der Waals surface area (Å²) in [6, 6.07) is 27.3. The normalized spacial score (nSPS) is 11.4. The third kappa shape index (κ3) is 8.98. The van der Waals surface area contributed by atoms with Crippen LogP contribution in [0.25, 0.3) is 6.08 Å². The Hall–Kier alpha value is -5.03. The van der Waals surface area contributed by atoms with Crippen molar-refractivity contribution in [1.29, 1.82) is 0 Å². The summed E-state index contributed by atoms with van der Waals surface area (Å²) >= 11 is 1.09. The fourth-order valence-electron chi connectivity index (χ4n) is 4.01. The van der Waals surface area contributed by atoms with Crippen molar-refractivity contribution in [2.24, 2.45) is 0 Å². The van der Waals surface area contributed by atoms with Gasteiger partial charge in [0.05, 0.1) is 17.0 Å². The van der Waals surface area contributed by atoms with Crippen LogP contribution < -0.4 is 20.9 Å². The Bertz CT molecular complexity index is 1660. The van der Waals surface area contributed by atoms with E-state index in [0.29, 0.717) is 21.7 Å². The van der Waals surface area contributed by atoms with Gasteiger partial charge in [0.15, 0.2) is 0 Å². The molecule has 0 saturated heterocycles. The molecule has 226 valence electrons. The molecule has 0 unspecified atom stereocenters. The predicted molar refractivity (Wildman–Crippen MR) is 169 cm³/mol. The zero-order chi connectivity index (χ0) is 31.7. The van der Waals surface area contributed by atoms with Crippen LogP contribution in [0.5, 0.6) is 0 Å². The lowest BCUT2D eigenvalue weighted by Crippen LogP contribution is -2.30. The Balaban J connectivity index is 1.46. The second-order valence-corrected chi connectivity index (χ2v) is 10.8. The molecule has 3 N–H and O–H groups in total. The van der Waals surface area contributed by atoms with Crippen LogP contribution in [-0.4, -0.2) is 37.6 Å². The van der Waals surface area contributed by atoms with Gasteiger partial charge in [-0.15, -0.1) is 11.8 Å². The van der Waals surface area contributed by atoms with Crippen LogP contribution in [0.1, 0.15) is 21.5 Å². The molecule has 44 heavy (non-hydrogen) atoms. The van der Waals surface area contributed by atoms with Crippen LogP contribution in [0.15, 0.2) is 114 Å². The lowest BCUT2D eigenvalue weighted by atomic mass is 10.1. The first-order chi connectivity index (χ1) is 21.0. The average molecular weight is 619 g/mol. The van der Waals surface area contributed by atoms with E-state index < -0.39 is 29.5 Å². The predicted octanol–water partition coefficient (Wildman–Crippen LogP) is 6.91. The van der Waals surface area contributed by atoms with E-state index in [-0.39, 0.29) is 17.1 Å². The van der Waals surface area contributed by atoms with E-state index in [1.165, 1.54) is 18.2 Å². The van der Waals surface area contributed by atoms with Gasteiger partial charge in [-0.1, -0.05) is 48.5 Å². The topological polar surface area (TPSA) is 90.5 Å². The monoisotopic (exact) mass is 618 g/mol. The maximum absolute atomic E-state index is 13.4. The van der Waals surface area contributed by atoms with Crippen molar-refractivity contribution in [3.63, 3.8) is 0 Å². The molecule has 0 bridgehead atoms. The Morgan fingerprint density at radius 3 is 2.18 bits per heavy atom. The van der Waals surface area contributed by atoms with Crippen molar-refractivity contribution in [2.45, 2.75) is 11.1 Å². The van der Waals surface area contributed by atoms with Gasteiger partial charge in [0, 0.05) is 35.9 Å². The molecule has 4 rings (SSSR count). The minimum Gasteiger partial charge on any atom is -0.378 e. The lowest BCUT2D eigenvalue weighted by Gasteiger charge is -2.14. The van der Waals surface area contributed by atoms with Crippen LogP contribution in [0.2, 0.25) is 0 Å². The molecule has 0 atom stereocenters. The van der Waals surface area contributed by atoms with Gasteiger partial charge >= 0.3 is 6.18 Å². The highest BCUT2D eigenvalue weighted by Crippen LogP contribution is 2.34. The Labute approximate surface area is 257 Å². The number of anilines is 3. The number of hydrogen-bond donors (Lipinski definition) is 3. The highest BCUT2D eigenvalue weighted by molar-refractivity contribution is 8.00. The van der Waals surface area contributed by atoms with Crippen LogP contribution in [0, 0.1) is 0 Å². The number of thioether (sulfide) groups is 1. The summed E-state index contributed by atoms with van der Waals surface area (Å²) < 4.78 is 39.8. The molecule has 0 radical (unpaired) electrons. The van der Waals surface area contributed by atoms with Crippen molar-refractivity contribution in [3.8, 4) is 0 Å². The average Bonchev–Trinajstić information content (AvgIpc) is 3.00. The van der Waals surface area contributed by atoms with Crippen LogP contribution in [0.4, 0.5) is 30.2 Å². The van der Waals surface area contributed by atoms with Crippen molar-refractivity contribution >= 4 is 52.6 Å². The molecule has 11 heteroatoms. The number of nitrogens with zero attached hydrogens (tertiary/aromatic N) is 1. The number of nitrogens with one attached hydrogen (secondary N) is 3. The molecule has 0 spiro atoms. The number of alkyl halides is 3. The number of carbonyl (C=O) groups excluding carboxylic acids is 3. The van der Waals surface area contributed by atoms with Crippen LogP contribution >= 0.6 is 11.8 Å². The standard InChI is InChI=1S/C33H29F3N4O3S/c1-40(2)25-17-15-22(16-18-25)19-29(39-31(42)23-9-4-3-5-10-23)32(43)37-24-11-8-12-26(20-24)44-21-30(41)38-28-14-7-6-13-27(28)33(34,35)36/h3-20H,21H2,1-2H3,(H,37,43)(H,38,41)(H,39,42)/b29-19+. The maximum Gasteiger partial charge on any atom is 0.418 e. The molecule has 0 aliphatic heterocycles. The minimum atomic E-state index is -4.60. The van der Waals surface area contributed by atoms with Gasteiger partial charge in [-0.2, -0.15) is 13.2 Å². The van der Waals surface area contributed by atoms with Crippen molar-refractivity contribution in [2.75, 3.05) is 35.4 Å². The molecular formula is C33H29F3N4O3S. The molecule has 0 fully saturated rings. The second kappa shape index (κ2) is 14.4. The summed E-state index contributed by atoms with van der Waals surface area (Å²) in [6.45, 7) is 0. The molecular weight excluding hydrogens is 589 g/mol. The number of hydrogen-bond acceptors (Lipinski definition) is 5. The summed E-state index contributed by atoms with van der Waals surface area (Å²) in [4.78, 5) is 41.3. The molecule has 7 nitrogen and oxygen atoms in total. The third-order valence-corrected chi connectivity index (χ3v) is 7.21. The van der Waals surface area contributed by atoms with Gasteiger partial charge in [-0.3, -0.25) is 14.4 Å². The van der Waals surface area contributed by atoms with E-state index in [2.05, 4.69) is 16.0 Å². The van der Waals surface area contributed by atoms with Crippen LogP contribution in [-0.2, 0) is 15.8 Å². The fraction of sp³-hybridized carbons (Fsp3) is 0.121. The van der Waals surface area contributed by atoms with Gasteiger partial charge in [0.1, 0.15) is 5.70 Å². The van der Waals surface area contributed by atoms with E-state index in [9.17, 15) is 27.6 Å². The van der Waals surface area contributed by atoms with E-state index in [0.717, 1.165) is 23.5 Å². The van der Waals surface area contributed by atoms with Gasteiger partial charge < -0.3 is 20.9 Å². The summed E-state index contributed by atoms with van der Waals surface area (Å²) in [5.41, 5.74) is 1.19. The molecule has 0 aliphatic rings. The lowest BCUT2D eigenvalue weighted by molar-refractivity contribution is -0.137. The SMILES string of the molecule is CN(C)c1ccc(/C=C(/NC(=O)c2ccccc2)C(=O)Nc2cccc(SCC(=O)Nc3ccccc3C(F)(F)F)c2)cc1. The first kappa shape index (κ1) is 31.9. The first-order valence-corrected chi connectivity index (χ1v) is 14.3. The Morgan fingerprint density at radius 1 is 0.818 bits per heavy atom. The molecule has 0 aromatic heterocycles. The highest BCUT2D eigenvalue weighted by atomic mass is 32.2. The summed E-state index contributed by atoms with van der Waals surface area (Å²) in [6.07, 6.45) is -3.04. The molecule has 4 aromatic rings. The number of rotatable bonds is 10. The quantitative estimate of drug-likeness (QED) is 0.133. The van der Waals surface area contributed by atoms with Crippen molar-refractivity contribution < 1.29 is 27.6 Å². The van der Waals surface area contributed by atoms with E-state index in [1.807, 2.05) is 43.3 Å². The third-order valence-electron chi connectivity index (χ3n) is 6.22. The number of carbonyl (C=O) groups is 3. The van der Waals surface area contributed by atoms with Gasteiger partial charge in [0.25, 0.3) is 11.8 Å². The number of para-hydroxylation sites is 1. The minimum absolute atomic E-state index is 0.0113. The van der Waals surface area contributed by atoms with Gasteiger partial charge in [0.2, 0.25) is 5.91 Å². The molecule has 0 heterocycles. The van der Waals surface area contributed by atoms with Gasteiger partial charge in [-0.05, 0) is 66.2 Å². The van der Waals surface area contributed by atoms with E-state index in [4.69, 9.17) is 0 Å². The largest absolute Gasteiger partial charge is 0.418 e. The zero-order valence-corrected chi connectivity index (χ0v) is 24.6. The second-order valence-electron chi connectivity index (χ2n) is 9.73. The van der Waals surface area contributed by atoms with Crippen molar-refractivity contribution in [1.82, 2.24) is 5.32 Å². The fourth-order valence-corrected chi connectivity index (χ4v) is 4.77. The Morgan fingerprint density at radius 2 is 1.50 bits per heavy atom. The number of amides is 3. The summed E-state index contributed by atoms with van der Waals surface area (Å²) in [5.74, 6) is -1.81. The zero-order valence-electron chi connectivity index (χ0n) is 23.8. The van der Waals surface area contributed by atoms with Gasteiger partial charge in [-0.25, -0.2) is 0 Å². The highest BCUT2D eigenvalue weighted by Gasteiger charge is 2.33. The molecule has 3 amide bonds. The summed E-state index contributed by atoms with van der Waals surface area (Å²) in [7, 11) is 3.82. The number of benzene rings is 4. The Kier molecular flexibility index (Phi) is 10.5. The molecule has 4 aromatic carbocycles.